The van der Waals surface area contributed by atoms with Crippen LogP contribution in [0.2, 0.25) is 10.0 Å². The van der Waals surface area contributed by atoms with Gasteiger partial charge < -0.3 is 0 Å². The summed E-state index contributed by atoms with van der Waals surface area (Å²) in [5, 5.41) is 0.569. The number of piperidine rings is 1. The maximum absolute atomic E-state index is 12.8. The van der Waals surface area contributed by atoms with E-state index in [-0.39, 0.29) is 26.6 Å². The van der Waals surface area contributed by atoms with Crippen molar-refractivity contribution in [3.63, 3.8) is 0 Å². The predicted molar refractivity (Wildman–Crippen MR) is 112 cm³/mol. The Balaban J connectivity index is 1.57. The Kier molecular flexibility index (Phi) is 6.81. The number of ketones is 1. The molecule has 2 aromatic carbocycles. The molecule has 7 heteroatoms. The van der Waals surface area contributed by atoms with Crippen LogP contribution in [0.5, 0.6) is 0 Å². The van der Waals surface area contributed by atoms with E-state index in [1.165, 1.54) is 28.1 Å². The molecule has 0 saturated carbocycles. The molecule has 150 valence electrons. The zero-order valence-electron chi connectivity index (χ0n) is 15.7. The van der Waals surface area contributed by atoms with Crippen molar-refractivity contribution in [2.45, 2.75) is 37.5 Å². The van der Waals surface area contributed by atoms with Crippen LogP contribution in [0.25, 0.3) is 0 Å². The second kappa shape index (κ2) is 8.95. The van der Waals surface area contributed by atoms with Gasteiger partial charge >= 0.3 is 0 Å². The maximum atomic E-state index is 12.8. The van der Waals surface area contributed by atoms with Crippen molar-refractivity contribution in [2.24, 2.45) is 5.92 Å². The molecule has 2 aromatic rings. The molecule has 1 saturated heterocycles. The van der Waals surface area contributed by atoms with Gasteiger partial charge in [-0.1, -0.05) is 53.0 Å². The highest BCUT2D eigenvalue weighted by Crippen LogP contribution is 2.28. The predicted octanol–water partition coefficient (Wildman–Crippen LogP) is 4.90. The number of hydrogen-bond acceptors (Lipinski definition) is 3. The molecule has 0 unspecified atom stereocenters. The molecule has 4 nitrogen and oxygen atoms in total. The van der Waals surface area contributed by atoms with E-state index in [4.69, 9.17) is 23.2 Å². The summed E-state index contributed by atoms with van der Waals surface area (Å²) in [6, 6.07) is 12.5. The van der Waals surface area contributed by atoms with Crippen LogP contribution in [0, 0.1) is 12.8 Å². The third-order valence-corrected chi connectivity index (χ3v) is 7.48. The van der Waals surface area contributed by atoms with E-state index in [0.29, 0.717) is 32.4 Å². The first-order valence-corrected chi connectivity index (χ1v) is 11.5. The Morgan fingerprint density at radius 1 is 1.04 bits per heavy atom. The van der Waals surface area contributed by atoms with Gasteiger partial charge in [-0.15, -0.1) is 0 Å². The summed E-state index contributed by atoms with van der Waals surface area (Å²) in [6.07, 6.45) is 2.30. The Morgan fingerprint density at radius 2 is 1.61 bits per heavy atom. The first kappa shape index (κ1) is 21.3. The molecule has 1 aliphatic heterocycles. The van der Waals surface area contributed by atoms with Gasteiger partial charge in [0, 0.05) is 35.5 Å². The number of Topliss-reactive ketones (excluding diaryl/α,β-unsaturated/α-hetero) is 1. The van der Waals surface area contributed by atoms with E-state index in [9.17, 15) is 13.2 Å². The molecular formula is C21H23Cl2NO3S. The van der Waals surface area contributed by atoms with Crippen LogP contribution in [0.1, 0.15) is 30.4 Å². The quantitative estimate of drug-likeness (QED) is 0.642. The van der Waals surface area contributed by atoms with Gasteiger partial charge in [-0.2, -0.15) is 4.31 Å². The summed E-state index contributed by atoms with van der Waals surface area (Å²) in [4.78, 5) is 12.6. The molecule has 0 bridgehead atoms. The molecular weight excluding hydrogens is 417 g/mol. The van der Waals surface area contributed by atoms with Crippen LogP contribution >= 0.6 is 23.2 Å². The van der Waals surface area contributed by atoms with Gasteiger partial charge in [0.1, 0.15) is 5.78 Å². The molecule has 0 amide bonds. The molecule has 0 aliphatic carbocycles. The second-order valence-electron chi connectivity index (χ2n) is 7.24. The first-order valence-electron chi connectivity index (χ1n) is 9.30. The summed E-state index contributed by atoms with van der Waals surface area (Å²) >= 11 is 11.9. The lowest BCUT2D eigenvalue weighted by Gasteiger charge is -2.30. The fourth-order valence-electron chi connectivity index (χ4n) is 3.47. The molecule has 0 atom stereocenters. The van der Waals surface area contributed by atoms with Gasteiger partial charge in [0.2, 0.25) is 10.0 Å². The van der Waals surface area contributed by atoms with E-state index in [1.54, 1.807) is 0 Å². The minimum absolute atomic E-state index is 0.0835. The van der Waals surface area contributed by atoms with E-state index < -0.39 is 10.0 Å². The van der Waals surface area contributed by atoms with Gasteiger partial charge in [-0.05, 0) is 49.9 Å². The van der Waals surface area contributed by atoms with Crippen molar-refractivity contribution in [2.75, 3.05) is 13.1 Å². The summed E-state index contributed by atoms with van der Waals surface area (Å²) in [5.74, 6) is 0.128. The average molecular weight is 440 g/mol. The van der Waals surface area contributed by atoms with Crippen LogP contribution in [0.3, 0.4) is 0 Å². The van der Waals surface area contributed by atoms with Crippen molar-refractivity contribution in [1.29, 1.82) is 0 Å². The number of carbonyl (C=O) groups is 1. The van der Waals surface area contributed by atoms with Crippen LogP contribution in [-0.2, 0) is 21.2 Å². The highest BCUT2D eigenvalue weighted by atomic mass is 35.5. The number of benzene rings is 2. The standard InChI is InChI=1S/C21H23Cl2NO3S/c1-15-2-4-16(5-3-15)6-7-21(25)17-8-10-24(11-9-17)28(26,27)20-13-18(22)12-19(23)14-20/h2-5,12-14,17H,6-11H2,1H3. The van der Waals surface area contributed by atoms with E-state index in [1.807, 2.05) is 31.2 Å². The van der Waals surface area contributed by atoms with Gasteiger partial charge in [-0.3, -0.25) is 4.79 Å². The van der Waals surface area contributed by atoms with Crippen LogP contribution in [0.15, 0.2) is 47.4 Å². The third-order valence-electron chi connectivity index (χ3n) is 5.16. The van der Waals surface area contributed by atoms with Crippen molar-refractivity contribution in [3.05, 3.63) is 63.6 Å². The number of nitrogens with zero attached hydrogens (tertiary/aromatic N) is 1. The monoisotopic (exact) mass is 439 g/mol. The molecule has 3 rings (SSSR count). The number of aryl methyl sites for hydroxylation is 2. The summed E-state index contributed by atoms with van der Waals surface area (Å²) < 4.78 is 27.1. The second-order valence-corrected chi connectivity index (χ2v) is 10.0. The van der Waals surface area contributed by atoms with Gasteiger partial charge in [-0.25, -0.2) is 8.42 Å². The van der Waals surface area contributed by atoms with E-state index in [0.717, 1.165) is 12.0 Å². The molecule has 0 radical (unpaired) electrons. The highest BCUT2D eigenvalue weighted by Gasteiger charge is 2.32. The third kappa shape index (κ3) is 5.15. The lowest BCUT2D eigenvalue weighted by molar-refractivity contribution is -0.123. The summed E-state index contributed by atoms with van der Waals surface area (Å²) in [6.45, 7) is 2.69. The highest BCUT2D eigenvalue weighted by molar-refractivity contribution is 7.89. The van der Waals surface area contributed by atoms with Crippen molar-refractivity contribution in [1.82, 2.24) is 4.31 Å². The van der Waals surface area contributed by atoms with Crippen molar-refractivity contribution >= 4 is 39.0 Å². The van der Waals surface area contributed by atoms with Gasteiger partial charge in [0.25, 0.3) is 0 Å². The Labute approximate surface area is 176 Å². The fourth-order valence-corrected chi connectivity index (χ4v) is 5.67. The Morgan fingerprint density at radius 3 is 2.18 bits per heavy atom. The van der Waals surface area contributed by atoms with Gasteiger partial charge in [0.15, 0.2) is 0 Å². The minimum Gasteiger partial charge on any atom is -0.299 e. The summed E-state index contributed by atoms with van der Waals surface area (Å²) in [7, 11) is -3.66. The largest absolute Gasteiger partial charge is 0.299 e. The molecule has 0 N–H and O–H groups in total. The van der Waals surface area contributed by atoms with Gasteiger partial charge in [0.05, 0.1) is 4.90 Å². The first-order chi connectivity index (χ1) is 13.3. The number of halogens is 2. The number of hydrogen-bond donors (Lipinski definition) is 0. The average Bonchev–Trinajstić information content (AvgIpc) is 2.66. The summed E-state index contributed by atoms with van der Waals surface area (Å²) in [5.41, 5.74) is 2.35. The topological polar surface area (TPSA) is 54.5 Å². The van der Waals surface area contributed by atoms with Crippen molar-refractivity contribution < 1.29 is 13.2 Å². The fraction of sp³-hybridized carbons (Fsp3) is 0.381. The number of carbonyl (C=O) groups excluding carboxylic acids is 1. The van der Waals surface area contributed by atoms with Crippen molar-refractivity contribution in [3.8, 4) is 0 Å². The molecule has 1 heterocycles. The Hall–Kier alpha value is -1.40. The zero-order valence-corrected chi connectivity index (χ0v) is 18.0. The molecule has 0 spiro atoms. The maximum Gasteiger partial charge on any atom is 0.243 e. The molecule has 1 fully saturated rings. The van der Waals surface area contributed by atoms with Crippen LogP contribution < -0.4 is 0 Å². The van der Waals surface area contributed by atoms with Crippen LogP contribution in [-0.4, -0.2) is 31.6 Å². The van der Waals surface area contributed by atoms with E-state index >= 15 is 0 Å². The number of sulfonamides is 1. The smallest absolute Gasteiger partial charge is 0.243 e. The number of rotatable bonds is 6. The van der Waals surface area contributed by atoms with Crippen LogP contribution in [0.4, 0.5) is 0 Å². The molecule has 28 heavy (non-hydrogen) atoms. The molecule has 0 aromatic heterocycles. The zero-order chi connectivity index (χ0) is 20.3. The van der Waals surface area contributed by atoms with E-state index in [2.05, 4.69) is 0 Å². The molecule has 1 aliphatic rings. The lowest BCUT2D eigenvalue weighted by Crippen LogP contribution is -2.40. The Bertz CT molecular complexity index is 930. The SMILES string of the molecule is Cc1ccc(CCC(=O)C2CCN(S(=O)(=O)c3cc(Cl)cc(Cl)c3)CC2)cc1. The minimum atomic E-state index is -3.66. The normalized spacial score (nSPS) is 16.2. The lowest BCUT2D eigenvalue weighted by atomic mass is 9.90.